The average Bonchev–Trinajstić information content (AvgIpc) is 2.61. The van der Waals surface area contributed by atoms with Crippen molar-refractivity contribution in [3.63, 3.8) is 0 Å². The molecular weight excluding hydrogens is 306 g/mol. The highest BCUT2D eigenvalue weighted by Gasteiger charge is 2.35. The number of piperidine rings is 1. The van der Waals surface area contributed by atoms with Gasteiger partial charge in [-0.3, -0.25) is 4.79 Å². The van der Waals surface area contributed by atoms with Gasteiger partial charge in [-0.2, -0.15) is 11.8 Å². The van der Waals surface area contributed by atoms with Gasteiger partial charge in [-0.05, 0) is 43.9 Å². The van der Waals surface area contributed by atoms with Crippen molar-refractivity contribution in [2.45, 2.75) is 38.5 Å². The smallest absolute Gasteiger partial charge is 0.223 e. The van der Waals surface area contributed by atoms with Gasteiger partial charge in [0.2, 0.25) is 5.91 Å². The molecule has 0 spiro atoms. The minimum Gasteiger partial charge on any atom is -0.396 e. The van der Waals surface area contributed by atoms with Crippen LogP contribution in [0.5, 0.6) is 0 Å². The summed E-state index contributed by atoms with van der Waals surface area (Å²) in [5.74, 6) is 1.13. The number of likely N-dealkylation sites (tertiary alicyclic amines) is 1. The van der Waals surface area contributed by atoms with E-state index in [1.165, 1.54) is 5.56 Å². The van der Waals surface area contributed by atoms with E-state index in [-0.39, 0.29) is 17.9 Å². The van der Waals surface area contributed by atoms with Crippen molar-refractivity contribution in [2.75, 3.05) is 31.7 Å². The number of rotatable bonds is 8. The highest BCUT2D eigenvalue weighted by atomic mass is 32.2. The Morgan fingerprint density at radius 2 is 2.13 bits per heavy atom. The Balaban J connectivity index is 1.87. The van der Waals surface area contributed by atoms with E-state index in [9.17, 15) is 9.90 Å². The summed E-state index contributed by atoms with van der Waals surface area (Å²) < 4.78 is 0. The van der Waals surface area contributed by atoms with Gasteiger partial charge in [-0.1, -0.05) is 30.3 Å². The molecule has 0 saturated carbocycles. The fraction of sp³-hybridized carbons (Fsp3) is 0.632. The molecule has 0 unspecified atom stereocenters. The molecule has 0 aliphatic carbocycles. The minimum atomic E-state index is -0.0952. The molecule has 0 radical (unpaired) electrons. The SMILES string of the molecule is CSCCC(=O)N1CCC[C@@](CO)(CCCc2ccccc2)C1. The third kappa shape index (κ3) is 5.54. The summed E-state index contributed by atoms with van der Waals surface area (Å²) >= 11 is 1.71. The standard InChI is InChI=1S/C19H29NO2S/c1-23-14-10-18(22)20-13-6-12-19(15-20,16-21)11-5-9-17-7-3-2-4-8-17/h2-4,7-8,21H,5-6,9-16H2,1H3/t19-/m0/s1. The maximum Gasteiger partial charge on any atom is 0.223 e. The zero-order valence-electron chi connectivity index (χ0n) is 14.2. The third-order valence-electron chi connectivity index (χ3n) is 4.88. The van der Waals surface area contributed by atoms with Crippen molar-refractivity contribution >= 4 is 17.7 Å². The van der Waals surface area contributed by atoms with Crippen LogP contribution >= 0.6 is 11.8 Å². The van der Waals surface area contributed by atoms with Crippen LogP contribution in [0.2, 0.25) is 0 Å². The molecule has 2 rings (SSSR count). The van der Waals surface area contributed by atoms with Gasteiger partial charge in [0.1, 0.15) is 0 Å². The van der Waals surface area contributed by atoms with Crippen LogP contribution in [0.3, 0.4) is 0 Å². The molecule has 1 atom stereocenters. The number of thioether (sulfide) groups is 1. The van der Waals surface area contributed by atoms with Crippen molar-refractivity contribution in [3.05, 3.63) is 35.9 Å². The second-order valence-electron chi connectivity index (χ2n) is 6.66. The second-order valence-corrected chi connectivity index (χ2v) is 7.64. The first kappa shape index (κ1) is 18.3. The normalized spacial score (nSPS) is 21.4. The van der Waals surface area contributed by atoms with E-state index in [0.717, 1.165) is 50.9 Å². The molecule has 1 aromatic carbocycles. The first-order valence-electron chi connectivity index (χ1n) is 8.61. The van der Waals surface area contributed by atoms with Crippen molar-refractivity contribution < 1.29 is 9.90 Å². The highest BCUT2D eigenvalue weighted by Crippen LogP contribution is 2.35. The fourth-order valence-corrected chi connectivity index (χ4v) is 3.87. The number of aliphatic hydroxyl groups excluding tert-OH is 1. The third-order valence-corrected chi connectivity index (χ3v) is 5.50. The van der Waals surface area contributed by atoms with E-state index in [1.54, 1.807) is 11.8 Å². The molecule has 23 heavy (non-hydrogen) atoms. The summed E-state index contributed by atoms with van der Waals surface area (Å²) in [6, 6.07) is 10.5. The van der Waals surface area contributed by atoms with E-state index in [1.807, 2.05) is 17.2 Å². The summed E-state index contributed by atoms with van der Waals surface area (Å²) in [7, 11) is 0. The first-order valence-corrected chi connectivity index (χ1v) is 10.00. The predicted molar refractivity (Wildman–Crippen MR) is 97.7 cm³/mol. The average molecular weight is 336 g/mol. The number of aryl methyl sites for hydroxylation is 1. The quantitative estimate of drug-likeness (QED) is 0.792. The number of carbonyl (C=O) groups excluding carboxylic acids is 1. The Bertz CT molecular complexity index is 480. The van der Waals surface area contributed by atoms with Crippen molar-refractivity contribution in [1.82, 2.24) is 4.90 Å². The molecule has 0 aromatic heterocycles. The lowest BCUT2D eigenvalue weighted by Gasteiger charge is -2.42. The van der Waals surface area contributed by atoms with Crippen LogP contribution in [0.4, 0.5) is 0 Å². The Hall–Kier alpha value is -1.00. The molecule has 128 valence electrons. The van der Waals surface area contributed by atoms with Crippen LogP contribution in [0, 0.1) is 5.41 Å². The van der Waals surface area contributed by atoms with E-state index in [2.05, 4.69) is 24.3 Å². The Morgan fingerprint density at radius 1 is 1.35 bits per heavy atom. The van der Waals surface area contributed by atoms with Crippen LogP contribution in [0.1, 0.15) is 37.7 Å². The summed E-state index contributed by atoms with van der Waals surface area (Å²) in [6.07, 6.45) is 7.80. The van der Waals surface area contributed by atoms with Gasteiger partial charge < -0.3 is 10.0 Å². The first-order chi connectivity index (χ1) is 11.2. The molecule has 4 heteroatoms. The van der Waals surface area contributed by atoms with Gasteiger partial charge in [0.25, 0.3) is 0 Å². The summed E-state index contributed by atoms with van der Waals surface area (Å²) in [5, 5.41) is 9.97. The Kier molecular flexibility index (Phi) is 7.44. The molecule has 1 saturated heterocycles. The Morgan fingerprint density at radius 3 is 2.83 bits per heavy atom. The topological polar surface area (TPSA) is 40.5 Å². The van der Waals surface area contributed by atoms with Crippen molar-refractivity contribution in [3.8, 4) is 0 Å². The van der Waals surface area contributed by atoms with Gasteiger partial charge in [-0.15, -0.1) is 0 Å². The predicted octanol–water partition coefficient (Wildman–Crippen LogP) is 3.36. The van der Waals surface area contributed by atoms with Gasteiger partial charge >= 0.3 is 0 Å². The molecular formula is C19H29NO2S. The van der Waals surface area contributed by atoms with E-state index in [0.29, 0.717) is 6.42 Å². The number of aliphatic hydroxyl groups is 1. The highest BCUT2D eigenvalue weighted by molar-refractivity contribution is 7.98. The van der Waals surface area contributed by atoms with Gasteiger partial charge in [0.05, 0.1) is 6.61 Å². The second kappa shape index (κ2) is 9.33. The number of nitrogens with zero attached hydrogens (tertiary/aromatic N) is 1. The largest absolute Gasteiger partial charge is 0.396 e. The molecule has 1 N–H and O–H groups in total. The molecule has 3 nitrogen and oxygen atoms in total. The lowest BCUT2D eigenvalue weighted by atomic mass is 9.76. The van der Waals surface area contributed by atoms with E-state index < -0.39 is 0 Å². The van der Waals surface area contributed by atoms with Crippen LogP contribution in [-0.4, -0.2) is 47.6 Å². The van der Waals surface area contributed by atoms with E-state index in [4.69, 9.17) is 0 Å². The summed E-state index contributed by atoms with van der Waals surface area (Å²) in [4.78, 5) is 14.3. The number of benzene rings is 1. The van der Waals surface area contributed by atoms with Gasteiger partial charge in [0.15, 0.2) is 0 Å². The lowest BCUT2D eigenvalue weighted by Crippen LogP contribution is -2.48. The fourth-order valence-electron chi connectivity index (χ4n) is 3.49. The molecule has 1 aromatic rings. The maximum absolute atomic E-state index is 12.3. The van der Waals surface area contributed by atoms with Crippen molar-refractivity contribution in [1.29, 1.82) is 0 Å². The monoisotopic (exact) mass is 335 g/mol. The molecule has 1 amide bonds. The molecule has 0 bridgehead atoms. The summed E-state index contributed by atoms with van der Waals surface area (Å²) in [5.41, 5.74) is 1.26. The maximum atomic E-state index is 12.3. The summed E-state index contributed by atoms with van der Waals surface area (Å²) in [6.45, 7) is 1.77. The molecule has 1 fully saturated rings. The molecule has 1 aliphatic heterocycles. The zero-order valence-corrected chi connectivity index (χ0v) is 15.0. The van der Waals surface area contributed by atoms with Crippen LogP contribution < -0.4 is 0 Å². The van der Waals surface area contributed by atoms with Crippen LogP contribution in [0.15, 0.2) is 30.3 Å². The Labute approximate surface area is 144 Å². The van der Waals surface area contributed by atoms with Crippen LogP contribution in [-0.2, 0) is 11.2 Å². The van der Waals surface area contributed by atoms with E-state index >= 15 is 0 Å². The number of hydrogen-bond acceptors (Lipinski definition) is 3. The number of carbonyl (C=O) groups is 1. The zero-order chi connectivity index (χ0) is 16.5. The molecule has 1 heterocycles. The number of hydrogen-bond donors (Lipinski definition) is 1. The van der Waals surface area contributed by atoms with Gasteiger partial charge in [-0.25, -0.2) is 0 Å². The number of amides is 1. The lowest BCUT2D eigenvalue weighted by molar-refractivity contribution is -0.135. The van der Waals surface area contributed by atoms with Gasteiger partial charge in [0, 0.05) is 30.7 Å². The molecule has 1 aliphatic rings. The van der Waals surface area contributed by atoms with Crippen LogP contribution in [0.25, 0.3) is 0 Å². The van der Waals surface area contributed by atoms with Crippen molar-refractivity contribution in [2.24, 2.45) is 5.41 Å². The minimum absolute atomic E-state index is 0.0952.